The Kier molecular flexibility index (Phi) is 2.85. The van der Waals surface area contributed by atoms with Crippen LogP contribution in [0.1, 0.15) is 18.9 Å². The van der Waals surface area contributed by atoms with Crippen molar-refractivity contribution in [2.75, 3.05) is 25.1 Å². The summed E-state index contributed by atoms with van der Waals surface area (Å²) >= 11 is 0. The van der Waals surface area contributed by atoms with Gasteiger partial charge >= 0.3 is 0 Å². The molecule has 1 heterocycles. The first-order chi connectivity index (χ1) is 7.20. The number of rotatable bonds is 2. The number of methoxy groups -OCH3 is 1. The Morgan fingerprint density at radius 2 is 2.20 bits per heavy atom. The van der Waals surface area contributed by atoms with Crippen molar-refractivity contribution in [3.8, 4) is 5.75 Å². The Labute approximate surface area is 91.9 Å². The van der Waals surface area contributed by atoms with Gasteiger partial charge in [0.25, 0.3) is 0 Å². The third kappa shape index (κ3) is 2.09. The third-order valence-corrected chi connectivity index (χ3v) is 3.18. The van der Waals surface area contributed by atoms with E-state index in [0.717, 1.165) is 11.7 Å². The molecule has 0 bridgehead atoms. The van der Waals surface area contributed by atoms with Gasteiger partial charge in [-0.1, -0.05) is 13.0 Å². The molecule has 1 aliphatic rings. The normalized spacial score (nSPS) is 20.7. The molecule has 1 aromatic carbocycles. The van der Waals surface area contributed by atoms with E-state index in [1.54, 1.807) is 7.11 Å². The fourth-order valence-corrected chi connectivity index (χ4v) is 2.17. The maximum atomic E-state index is 5.35. The number of ether oxygens (including phenoxy) is 1. The van der Waals surface area contributed by atoms with E-state index >= 15 is 0 Å². The zero-order valence-corrected chi connectivity index (χ0v) is 9.79. The van der Waals surface area contributed by atoms with Crippen molar-refractivity contribution in [3.05, 3.63) is 23.8 Å². The van der Waals surface area contributed by atoms with Crippen LogP contribution < -0.4 is 9.64 Å². The molecule has 0 N–H and O–H groups in total. The van der Waals surface area contributed by atoms with Crippen LogP contribution in [0.4, 0.5) is 5.69 Å². The first-order valence-electron chi connectivity index (χ1n) is 5.60. The average molecular weight is 205 g/mol. The second-order valence-electron chi connectivity index (χ2n) is 4.49. The summed E-state index contributed by atoms with van der Waals surface area (Å²) in [7, 11) is 1.73. The van der Waals surface area contributed by atoms with Gasteiger partial charge in [-0.25, -0.2) is 0 Å². The smallest absolute Gasteiger partial charge is 0.123 e. The summed E-state index contributed by atoms with van der Waals surface area (Å²) in [5.41, 5.74) is 2.50. The molecule has 1 aliphatic heterocycles. The summed E-state index contributed by atoms with van der Waals surface area (Å²) < 4.78 is 5.35. The van der Waals surface area contributed by atoms with E-state index in [-0.39, 0.29) is 0 Å². The molecule has 15 heavy (non-hydrogen) atoms. The fourth-order valence-electron chi connectivity index (χ4n) is 2.17. The van der Waals surface area contributed by atoms with Crippen molar-refractivity contribution >= 4 is 5.69 Å². The standard InChI is InChI=1S/C13H19NO/c1-10-6-7-14(9-10)12-5-4-11(2)13(8-12)15-3/h4-5,8,10H,6-7,9H2,1-3H3. The minimum Gasteiger partial charge on any atom is -0.496 e. The molecule has 82 valence electrons. The van der Waals surface area contributed by atoms with Gasteiger partial charge < -0.3 is 9.64 Å². The van der Waals surface area contributed by atoms with Gasteiger partial charge in [-0.05, 0) is 30.9 Å². The van der Waals surface area contributed by atoms with Crippen LogP contribution in [-0.4, -0.2) is 20.2 Å². The summed E-state index contributed by atoms with van der Waals surface area (Å²) in [6.07, 6.45) is 1.30. The summed E-state index contributed by atoms with van der Waals surface area (Å²) in [6.45, 7) is 6.74. The van der Waals surface area contributed by atoms with Crippen molar-refractivity contribution in [1.82, 2.24) is 0 Å². The van der Waals surface area contributed by atoms with E-state index in [0.29, 0.717) is 0 Å². The van der Waals surface area contributed by atoms with Crippen molar-refractivity contribution in [2.45, 2.75) is 20.3 Å². The SMILES string of the molecule is COc1cc(N2CCC(C)C2)ccc1C. The van der Waals surface area contributed by atoms with Crippen molar-refractivity contribution in [2.24, 2.45) is 5.92 Å². The molecular weight excluding hydrogens is 186 g/mol. The van der Waals surface area contributed by atoms with Crippen LogP contribution in [0.3, 0.4) is 0 Å². The summed E-state index contributed by atoms with van der Waals surface area (Å²) in [5, 5.41) is 0. The predicted molar refractivity (Wildman–Crippen MR) is 63.7 cm³/mol. The van der Waals surface area contributed by atoms with E-state index in [1.807, 2.05) is 0 Å². The lowest BCUT2D eigenvalue weighted by atomic mass is 10.2. The Balaban J connectivity index is 2.21. The van der Waals surface area contributed by atoms with E-state index in [1.165, 1.54) is 30.8 Å². The number of aryl methyl sites for hydroxylation is 1. The van der Waals surface area contributed by atoms with E-state index in [2.05, 4.69) is 36.9 Å². The van der Waals surface area contributed by atoms with Crippen LogP contribution in [0.2, 0.25) is 0 Å². The number of anilines is 1. The summed E-state index contributed by atoms with van der Waals surface area (Å²) in [5.74, 6) is 1.81. The maximum absolute atomic E-state index is 5.35. The molecule has 1 aromatic rings. The van der Waals surface area contributed by atoms with Crippen molar-refractivity contribution in [3.63, 3.8) is 0 Å². The number of benzene rings is 1. The van der Waals surface area contributed by atoms with Crippen LogP contribution >= 0.6 is 0 Å². The van der Waals surface area contributed by atoms with Crippen molar-refractivity contribution in [1.29, 1.82) is 0 Å². The van der Waals surface area contributed by atoms with Gasteiger partial charge in [0.2, 0.25) is 0 Å². The molecule has 0 saturated carbocycles. The molecule has 0 aliphatic carbocycles. The zero-order valence-electron chi connectivity index (χ0n) is 9.79. The van der Waals surface area contributed by atoms with Crippen LogP contribution in [-0.2, 0) is 0 Å². The highest BCUT2D eigenvalue weighted by Crippen LogP contribution is 2.28. The lowest BCUT2D eigenvalue weighted by Gasteiger charge is -2.19. The third-order valence-electron chi connectivity index (χ3n) is 3.18. The molecule has 1 atom stereocenters. The van der Waals surface area contributed by atoms with Crippen LogP contribution in [0.5, 0.6) is 5.75 Å². The van der Waals surface area contributed by atoms with Gasteiger partial charge in [0.15, 0.2) is 0 Å². The zero-order chi connectivity index (χ0) is 10.8. The Morgan fingerprint density at radius 3 is 2.80 bits per heavy atom. The summed E-state index contributed by atoms with van der Waals surface area (Å²) in [6, 6.07) is 6.47. The maximum Gasteiger partial charge on any atom is 0.123 e. The molecule has 1 unspecified atom stereocenters. The lowest BCUT2D eigenvalue weighted by Crippen LogP contribution is -2.18. The van der Waals surface area contributed by atoms with Gasteiger partial charge in [0.05, 0.1) is 7.11 Å². The molecule has 2 rings (SSSR count). The highest BCUT2D eigenvalue weighted by molar-refractivity contribution is 5.54. The fraction of sp³-hybridized carbons (Fsp3) is 0.538. The Morgan fingerprint density at radius 1 is 1.40 bits per heavy atom. The molecule has 0 aromatic heterocycles. The minimum atomic E-state index is 0.817. The van der Waals surface area contributed by atoms with Gasteiger partial charge in [-0.2, -0.15) is 0 Å². The first-order valence-corrected chi connectivity index (χ1v) is 5.60. The van der Waals surface area contributed by atoms with Crippen molar-refractivity contribution < 1.29 is 4.74 Å². The average Bonchev–Trinajstić information content (AvgIpc) is 2.66. The van der Waals surface area contributed by atoms with E-state index in [4.69, 9.17) is 4.74 Å². The Bertz CT molecular complexity index is 348. The largest absolute Gasteiger partial charge is 0.496 e. The van der Waals surface area contributed by atoms with Gasteiger partial charge in [0, 0.05) is 24.8 Å². The summed E-state index contributed by atoms with van der Waals surface area (Å²) in [4.78, 5) is 2.44. The highest BCUT2D eigenvalue weighted by Gasteiger charge is 2.19. The molecule has 2 heteroatoms. The van der Waals surface area contributed by atoms with Gasteiger partial charge in [-0.15, -0.1) is 0 Å². The second kappa shape index (κ2) is 4.13. The second-order valence-corrected chi connectivity index (χ2v) is 4.49. The number of nitrogens with zero attached hydrogens (tertiary/aromatic N) is 1. The highest BCUT2D eigenvalue weighted by atomic mass is 16.5. The van der Waals surface area contributed by atoms with Gasteiger partial charge in [-0.3, -0.25) is 0 Å². The van der Waals surface area contributed by atoms with E-state index < -0.39 is 0 Å². The Hall–Kier alpha value is -1.18. The van der Waals surface area contributed by atoms with E-state index in [9.17, 15) is 0 Å². The molecule has 0 radical (unpaired) electrons. The number of hydrogen-bond acceptors (Lipinski definition) is 2. The van der Waals surface area contributed by atoms with Crippen LogP contribution in [0, 0.1) is 12.8 Å². The quantitative estimate of drug-likeness (QED) is 0.736. The topological polar surface area (TPSA) is 12.5 Å². The lowest BCUT2D eigenvalue weighted by molar-refractivity contribution is 0.411. The molecule has 0 spiro atoms. The minimum absolute atomic E-state index is 0.817. The monoisotopic (exact) mass is 205 g/mol. The van der Waals surface area contributed by atoms with Crippen LogP contribution in [0.15, 0.2) is 18.2 Å². The molecule has 1 fully saturated rings. The predicted octanol–water partition coefficient (Wildman–Crippen LogP) is 2.85. The molecule has 0 amide bonds. The van der Waals surface area contributed by atoms with Gasteiger partial charge in [0.1, 0.15) is 5.75 Å². The first kappa shape index (κ1) is 10.3. The molecule has 1 saturated heterocycles. The van der Waals surface area contributed by atoms with Crippen LogP contribution in [0.25, 0.3) is 0 Å². The molecule has 2 nitrogen and oxygen atoms in total. The number of hydrogen-bond donors (Lipinski definition) is 0. The molecular formula is C13H19NO.